The minimum absolute atomic E-state index is 0.0399. The first-order chi connectivity index (χ1) is 9.37. The number of rotatable bonds is 3. The summed E-state index contributed by atoms with van der Waals surface area (Å²) in [7, 11) is -3.44. The molecule has 0 N–H and O–H groups in total. The van der Waals surface area contributed by atoms with E-state index in [0.29, 0.717) is 17.3 Å². The molecule has 1 unspecified atom stereocenters. The zero-order valence-corrected chi connectivity index (χ0v) is 14.4. The van der Waals surface area contributed by atoms with Gasteiger partial charge in [-0.1, -0.05) is 6.07 Å². The highest BCUT2D eigenvalue weighted by atomic mass is 35.5. The second-order valence-corrected chi connectivity index (χ2v) is 8.49. The fourth-order valence-corrected chi connectivity index (χ4v) is 5.80. The molecule has 0 radical (unpaired) electrons. The summed E-state index contributed by atoms with van der Waals surface area (Å²) in [5.74, 6) is 2.04. The van der Waals surface area contributed by atoms with Crippen molar-refractivity contribution in [3.63, 3.8) is 0 Å². The lowest BCUT2D eigenvalue weighted by Gasteiger charge is -2.32. The highest BCUT2D eigenvalue weighted by Crippen LogP contribution is 2.29. The van der Waals surface area contributed by atoms with E-state index in [-0.39, 0.29) is 6.04 Å². The van der Waals surface area contributed by atoms with E-state index in [1.165, 1.54) is 0 Å². The predicted octanol–water partition coefficient (Wildman–Crippen LogP) is 3.17. The van der Waals surface area contributed by atoms with Gasteiger partial charge in [0.1, 0.15) is 0 Å². The molecule has 2 rings (SSSR count). The summed E-state index contributed by atoms with van der Waals surface area (Å²) >= 11 is 7.68. The topological polar surface area (TPSA) is 37.4 Å². The van der Waals surface area contributed by atoms with Gasteiger partial charge in [0.25, 0.3) is 0 Å². The molecule has 1 heterocycles. The first kappa shape index (κ1) is 16.1. The highest BCUT2D eigenvalue weighted by Gasteiger charge is 2.32. The van der Waals surface area contributed by atoms with E-state index in [1.54, 1.807) is 22.1 Å². The van der Waals surface area contributed by atoms with Crippen molar-refractivity contribution in [3.05, 3.63) is 28.8 Å². The van der Waals surface area contributed by atoms with Crippen LogP contribution in [0.1, 0.15) is 23.6 Å². The second-order valence-electron chi connectivity index (χ2n) is 5.21. The minimum Gasteiger partial charge on any atom is -0.207 e. The normalized spacial score (nSPS) is 21.1. The van der Waals surface area contributed by atoms with Crippen LogP contribution in [-0.4, -0.2) is 36.8 Å². The molecule has 1 aliphatic rings. The van der Waals surface area contributed by atoms with Crippen LogP contribution in [0.15, 0.2) is 17.0 Å². The van der Waals surface area contributed by atoms with Crippen LogP contribution in [0.2, 0.25) is 0 Å². The van der Waals surface area contributed by atoms with Crippen LogP contribution in [0, 0.1) is 13.8 Å². The van der Waals surface area contributed by atoms with E-state index in [0.717, 1.165) is 28.2 Å². The summed E-state index contributed by atoms with van der Waals surface area (Å²) < 4.78 is 27.5. The van der Waals surface area contributed by atoms with Crippen molar-refractivity contribution >= 4 is 33.4 Å². The standard InChI is InChI=1S/C14H20ClNO2S2/c1-10-6-13(8-15)7-14(12(10)3)20(17,18)16-4-5-19-9-11(16)2/h6-7,11H,4-5,8-9H2,1-3H3. The molecule has 6 heteroatoms. The number of hydrogen-bond acceptors (Lipinski definition) is 3. The average Bonchev–Trinajstić information content (AvgIpc) is 2.41. The molecule has 0 saturated carbocycles. The average molecular weight is 334 g/mol. The number of thioether (sulfide) groups is 1. The number of nitrogens with zero attached hydrogens (tertiary/aromatic N) is 1. The summed E-state index contributed by atoms with van der Waals surface area (Å²) in [6.45, 7) is 6.35. The third kappa shape index (κ3) is 3.01. The summed E-state index contributed by atoms with van der Waals surface area (Å²) in [4.78, 5) is 0.409. The molecule has 1 atom stereocenters. The first-order valence-corrected chi connectivity index (χ1v) is 9.76. The summed E-state index contributed by atoms with van der Waals surface area (Å²) in [6.07, 6.45) is 0. The van der Waals surface area contributed by atoms with Crippen molar-refractivity contribution < 1.29 is 8.42 Å². The third-order valence-electron chi connectivity index (χ3n) is 3.73. The zero-order chi connectivity index (χ0) is 14.9. The van der Waals surface area contributed by atoms with Gasteiger partial charge in [-0.2, -0.15) is 16.1 Å². The number of aryl methyl sites for hydroxylation is 1. The van der Waals surface area contributed by atoms with Crippen LogP contribution < -0.4 is 0 Å². The van der Waals surface area contributed by atoms with E-state index in [4.69, 9.17) is 11.6 Å². The van der Waals surface area contributed by atoms with Gasteiger partial charge in [0.15, 0.2) is 0 Å². The van der Waals surface area contributed by atoms with E-state index >= 15 is 0 Å². The van der Waals surface area contributed by atoms with Crippen LogP contribution in [0.4, 0.5) is 0 Å². The Kier molecular flexibility index (Phi) is 5.05. The van der Waals surface area contributed by atoms with Crippen LogP contribution >= 0.6 is 23.4 Å². The summed E-state index contributed by atoms with van der Waals surface area (Å²) in [5.41, 5.74) is 2.65. The maximum Gasteiger partial charge on any atom is 0.243 e. The van der Waals surface area contributed by atoms with E-state index in [1.807, 2.05) is 26.8 Å². The molecular weight excluding hydrogens is 314 g/mol. The third-order valence-corrected chi connectivity index (χ3v) is 7.36. The Morgan fingerprint density at radius 2 is 2.10 bits per heavy atom. The maximum absolute atomic E-state index is 12.9. The number of hydrogen-bond donors (Lipinski definition) is 0. The monoisotopic (exact) mass is 333 g/mol. The minimum atomic E-state index is -3.44. The van der Waals surface area contributed by atoms with Gasteiger partial charge in [-0.05, 0) is 43.5 Å². The molecule has 0 aromatic heterocycles. The van der Waals surface area contributed by atoms with Gasteiger partial charge in [-0.15, -0.1) is 11.6 Å². The Labute approximate surface area is 130 Å². The van der Waals surface area contributed by atoms with E-state index in [9.17, 15) is 8.42 Å². The van der Waals surface area contributed by atoms with Gasteiger partial charge in [-0.25, -0.2) is 8.42 Å². The fraction of sp³-hybridized carbons (Fsp3) is 0.571. The largest absolute Gasteiger partial charge is 0.243 e. The van der Waals surface area contributed by atoms with E-state index < -0.39 is 10.0 Å². The Morgan fingerprint density at radius 3 is 2.70 bits per heavy atom. The van der Waals surface area contributed by atoms with Crippen molar-refractivity contribution in [2.24, 2.45) is 0 Å². The lowest BCUT2D eigenvalue weighted by Crippen LogP contribution is -2.44. The van der Waals surface area contributed by atoms with Crippen molar-refractivity contribution in [2.45, 2.75) is 37.6 Å². The lowest BCUT2D eigenvalue weighted by molar-refractivity contribution is 0.367. The van der Waals surface area contributed by atoms with Crippen LogP contribution in [-0.2, 0) is 15.9 Å². The number of sulfonamides is 1. The molecule has 0 spiro atoms. The molecule has 1 fully saturated rings. The van der Waals surface area contributed by atoms with Crippen LogP contribution in [0.5, 0.6) is 0 Å². The van der Waals surface area contributed by atoms with E-state index in [2.05, 4.69) is 0 Å². The van der Waals surface area contributed by atoms with Crippen LogP contribution in [0.3, 0.4) is 0 Å². The molecule has 0 amide bonds. The van der Waals surface area contributed by atoms with Crippen molar-refractivity contribution in [1.29, 1.82) is 0 Å². The maximum atomic E-state index is 12.9. The van der Waals surface area contributed by atoms with Gasteiger partial charge in [0.05, 0.1) is 4.90 Å². The predicted molar refractivity (Wildman–Crippen MR) is 86.2 cm³/mol. The van der Waals surface area contributed by atoms with Gasteiger partial charge in [-0.3, -0.25) is 0 Å². The SMILES string of the molecule is Cc1cc(CCl)cc(S(=O)(=O)N2CCSCC2C)c1C. The molecule has 20 heavy (non-hydrogen) atoms. The Hall–Kier alpha value is -0.230. The number of benzene rings is 1. The quantitative estimate of drug-likeness (QED) is 0.797. The van der Waals surface area contributed by atoms with Gasteiger partial charge in [0, 0.05) is 30.0 Å². The summed E-state index contributed by atoms with van der Waals surface area (Å²) in [6, 6.07) is 3.72. The highest BCUT2D eigenvalue weighted by molar-refractivity contribution is 7.99. The van der Waals surface area contributed by atoms with Crippen molar-refractivity contribution in [2.75, 3.05) is 18.1 Å². The molecule has 1 aliphatic heterocycles. The van der Waals surface area contributed by atoms with Crippen molar-refractivity contribution in [1.82, 2.24) is 4.31 Å². The lowest BCUT2D eigenvalue weighted by atomic mass is 10.1. The van der Waals surface area contributed by atoms with Gasteiger partial charge < -0.3 is 0 Å². The zero-order valence-electron chi connectivity index (χ0n) is 12.0. The molecule has 3 nitrogen and oxygen atoms in total. The Morgan fingerprint density at radius 1 is 1.40 bits per heavy atom. The molecule has 0 aliphatic carbocycles. The second kappa shape index (κ2) is 6.26. The Bertz CT molecular complexity index is 601. The number of alkyl halides is 1. The van der Waals surface area contributed by atoms with Crippen LogP contribution in [0.25, 0.3) is 0 Å². The first-order valence-electron chi connectivity index (χ1n) is 6.63. The molecule has 1 aromatic rings. The molecule has 0 bridgehead atoms. The summed E-state index contributed by atoms with van der Waals surface area (Å²) in [5, 5.41) is 0. The van der Waals surface area contributed by atoms with Crippen molar-refractivity contribution in [3.8, 4) is 0 Å². The molecule has 1 saturated heterocycles. The fourth-order valence-electron chi connectivity index (χ4n) is 2.44. The molecule has 1 aromatic carbocycles. The molecular formula is C14H20ClNO2S2. The molecule has 112 valence electrons. The van der Waals surface area contributed by atoms with Gasteiger partial charge in [0.2, 0.25) is 10.0 Å². The van der Waals surface area contributed by atoms with Gasteiger partial charge >= 0.3 is 0 Å². The smallest absolute Gasteiger partial charge is 0.207 e. The number of halogens is 1. The Balaban J connectivity index is 2.51.